The van der Waals surface area contributed by atoms with Gasteiger partial charge in [0, 0.05) is 25.1 Å². The van der Waals surface area contributed by atoms with Crippen molar-refractivity contribution in [2.45, 2.75) is 32.4 Å². The minimum Gasteiger partial charge on any atom is -0.497 e. The lowest BCUT2D eigenvalue weighted by Gasteiger charge is -2.49. The molecular weight excluding hydrogens is 382 g/mol. The van der Waals surface area contributed by atoms with E-state index in [1.807, 2.05) is 13.8 Å². The Hall–Kier alpha value is -3.35. The number of fused-ring (bicyclic) bond motifs is 3. The van der Waals surface area contributed by atoms with Gasteiger partial charge in [0.1, 0.15) is 5.75 Å². The molecule has 2 heterocycles. The van der Waals surface area contributed by atoms with Gasteiger partial charge in [0.05, 0.1) is 18.4 Å². The number of benzene rings is 2. The number of carbonyl (C=O) groups is 3. The molecule has 0 bridgehead atoms. The van der Waals surface area contributed by atoms with Gasteiger partial charge in [0.25, 0.3) is 11.8 Å². The lowest BCUT2D eigenvalue weighted by atomic mass is 9.94. The quantitative estimate of drug-likeness (QED) is 0.825. The molecule has 1 N–H and O–H groups in total. The number of rotatable bonds is 5. The zero-order valence-electron chi connectivity index (χ0n) is 17.3. The van der Waals surface area contributed by atoms with Crippen LogP contribution in [-0.2, 0) is 9.59 Å². The molecule has 4 rings (SSSR count). The highest BCUT2D eigenvalue weighted by Gasteiger charge is 2.60. The van der Waals surface area contributed by atoms with Gasteiger partial charge in [0.15, 0.2) is 0 Å². The number of methoxy groups -OCH3 is 1. The van der Waals surface area contributed by atoms with E-state index in [1.165, 1.54) is 4.90 Å². The molecule has 156 valence electrons. The van der Waals surface area contributed by atoms with E-state index < -0.39 is 5.66 Å². The fourth-order valence-electron chi connectivity index (χ4n) is 4.31. The molecule has 2 aromatic carbocycles. The summed E-state index contributed by atoms with van der Waals surface area (Å²) in [5, 5.41) is 2.92. The van der Waals surface area contributed by atoms with Crippen molar-refractivity contribution in [2.75, 3.05) is 23.9 Å². The average Bonchev–Trinajstić information content (AvgIpc) is 3.10. The normalized spacial score (nSPS) is 20.3. The number of anilines is 2. The van der Waals surface area contributed by atoms with Crippen molar-refractivity contribution in [2.24, 2.45) is 5.92 Å². The second kappa shape index (κ2) is 7.48. The molecule has 1 fully saturated rings. The smallest absolute Gasteiger partial charge is 0.271 e. The van der Waals surface area contributed by atoms with Crippen LogP contribution in [0.3, 0.4) is 0 Å². The van der Waals surface area contributed by atoms with Crippen LogP contribution in [0.5, 0.6) is 5.75 Å². The summed E-state index contributed by atoms with van der Waals surface area (Å²) in [6.45, 7) is 4.35. The van der Waals surface area contributed by atoms with E-state index in [0.717, 1.165) is 0 Å². The minimum atomic E-state index is -1.38. The first-order valence-corrected chi connectivity index (χ1v) is 10.1. The topological polar surface area (TPSA) is 79.0 Å². The monoisotopic (exact) mass is 407 g/mol. The zero-order chi connectivity index (χ0) is 21.5. The number of carbonyl (C=O) groups excluding carboxylic acids is 3. The number of nitrogens with one attached hydrogen (secondary N) is 1. The molecule has 1 saturated heterocycles. The van der Waals surface area contributed by atoms with Crippen LogP contribution >= 0.6 is 0 Å². The number of hydrogen-bond donors (Lipinski definition) is 1. The number of nitrogens with zero attached hydrogens (tertiary/aromatic N) is 2. The van der Waals surface area contributed by atoms with Gasteiger partial charge >= 0.3 is 0 Å². The second-order valence-corrected chi connectivity index (χ2v) is 8.06. The summed E-state index contributed by atoms with van der Waals surface area (Å²) < 4.78 is 5.17. The van der Waals surface area contributed by atoms with Crippen LogP contribution < -0.4 is 15.0 Å². The van der Waals surface area contributed by atoms with Crippen LogP contribution in [0.2, 0.25) is 0 Å². The zero-order valence-corrected chi connectivity index (χ0v) is 17.3. The van der Waals surface area contributed by atoms with Crippen molar-refractivity contribution >= 4 is 29.1 Å². The Balaban J connectivity index is 1.80. The molecule has 30 heavy (non-hydrogen) atoms. The SMILES string of the molecule is COc1ccc(NC(=O)[C@@]23CCC(=O)N2c2ccccc2C(=O)N3CC(C)C)cc1. The maximum absolute atomic E-state index is 13.7. The fraction of sp³-hybridized carbons (Fsp3) is 0.348. The molecule has 0 spiro atoms. The van der Waals surface area contributed by atoms with E-state index in [9.17, 15) is 14.4 Å². The lowest BCUT2D eigenvalue weighted by molar-refractivity contribution is -0.129. The van der Waals surface area contributed by atoms with Crippen molar-refractivity contribution in [1.82, 2.24) is 4.90 Å². The van der Waals surface area contributed by atoms with E-state index in [1.54, 1.807) is 60.5 Å². The number of hydrogen-bond acceptors (Lipinski definition) is 4. The van der Waals surface area contributed by atoms with Crippen molar-refractivity contribution in [3.63, 3.8) is 0 Å². The highest BCUT2D eigenvalue weighted by molar-refractivity contribution is 6.18. The molecule has 7 nitrogen and oxygen atoms in total. The third-order valence-electron chi connectivity index (χ3n) is 5.63. The lowest BCUT2D eigenvalue weighted by Crippen LogP contribution is -2.69. The summed E-state index contributed by atoms with van der Waals surface area (Å²) in [4.78, 5) is 43.2. The molecule has 2 aliphatic rings. The predicted octanol–water partition coefficient (Wildman–Crippen LogP) is 3.27. The van der Waals surface area contributed by atoms with Crippen LogP contribution in [0.25, 0.3) is 0 Å². The summed E-state index contributed by atoms with van der Waals surface area (Å²) in [6.07, 6.45) is 0.451. The van der Waals surface area contributed by atoms with Gasteiger partial charge in [-0.2, -0.15) is 0 Å². The van der Waals surface area contributed by atoms with Gasteiger partial charge in [-0.3, -0.25) is 19.3 Å². The maximum atomic E-state index is 13.7. The highest BCUT2D eigenvalue weighted by atomic mass is 16.5. The summed E-state index contributed by atoms with van der Waals surface area (Å²) in [7, 11) is 1.57. The van der Waals surface area contributed by atoms with Gasteiger partial charge < -0.3 is 15.0 Å². The molecule has 0 unspecified atom stereocenters. The molecule has 0 saturated carbocycles. The number of para-hydroxylation sites is 1. The van der Waals surface area contributed by atoms with E-state index >= 15 is 0 Å². The molecule has 3 amide bonds. The van der Waals surface area contributed by atoms with Gasteiger partial charge in [-0.25, -0.2) is 0 Å². The molecule has 2 aromatic rings. The standard InChI is InChI=1S/C23H25N3O4/c1-15(2)14-25-21(28)18-6-4-5-7-19(18)26-20(27)12-13-23(25,26)22(29)24-16-8-10-17(30-3)11-9-16/h4-11,15H,12-14H2,1-3H3,(H,24,29)/t23-/m1/s1. The molecule has 0 aromatic heterocycles. The van der Waals surface area contributed by atoms with Crippen molar-refractivity contribution in [3.8, 4) is 5.75 Å². The van der Waals surface area contributed by atoms with Crippen LogP contribution in [0.1, 0.15) is 37.0 Å². The summed E-state index contributed by atoms with van der Waals surface area (Å²) >= 11 is 0. The van der Waals surface area contributed by atoms with Gasteiger partial charge in [-0.05, 0) is 42.3 Å². The predicted molar refractivity (Wildman–Crippen MR) is 113 cm³/mol. The van der Waals surface area contributed by atoms with Crippen molar-refractivity contribution < 1.29 is 19.1 Å². The van der Waals surface area contributed by atoms with Crippen molar-refractivity contribution in [3.05, 3.63) is 54.1 Å². The highest BCUT2D eigenvalue weighted by Crippen LogP contribution is 2.45. The molecule has 0 radical (unpaired) electrons. The third kappa shape index (κ3) is 3.01. The van der Waals surface area contributed by atoms with E-state index in [2.05, 4.69) is 5.32 Å². The third-order valence-corrected chi connectivity index (χ3v) is 5.63. The summed E-state index contributed by atoms with van der Waals surface area (Å²) in [5.41, 5.74) is 0.133. The van der Waals surface area contributed by atoms with Crippen LogP contribution in [0.4, 0.5) is 11.4 Å². The molecular formula is C23H25N3O4. The second-order valence-electron chi connectivity index (χ2n) is 8.06. The Morgan fingerprint density at radius 3 is 2.50 bits per heavy atom. The number of amides is 3. The Morgan fingerprint density at radius 1 is 1.13 bits per heavy atom. The fourth-order valence-corrected chi connectivity index (χ4v) is 4.31. The van der Waals surface area contributed by atoms with Crippen LogP contribution in [-0.4, -0.2) is 41.9 Å². The summed E-state index contributed by atoms with van der Waals surface area (Å²) in [6, 6.07) is 14.0. The summed E-state index contributed by atoms with van der Waals surface area (Å²) in [5.74, 6) is 0.0280. The van der Waals surface area contributed by atoms with Gasteiger partial charge in [-0.15, -0.1) is 0 Å². The Morgan fingerprint density at radius 2 is 1.83 bits per heavy atom. The van der Waals surface area contributed by atoms with Crippen LogP contribution in [0.15, 0.2) is 48.5 Å². The van der Waals surface area contributed by atoms with Crippen LogP contribution in [0, 0.1) is 5.92 Å². The molecule has 2 aliphatic heterocycles. The van der Waals surface area contributed by atoms with Gasteiger partial charge in [-0.1, -0.05) is 26.0 Å². The average molecular weight is 407 g/mol. The first-order chi connectivity index (χ1) is 14.4. The minimum absolute atomic E-state index is 0.127. The van der Waals surface area contributed by atoms with Crippen molar-refractivity contribution in [1.29, 1.82) is 0 Å². The van der Waals surface area contributed by atoms with E-state index in [-0.39, 0.29) is 36.5 Å². The largest absolute Gasteiger partial charge is 0.497 e. The Bertz CT molecular complexity index is 1000. The molecule has 0 aliphatic carbocycles. The first-order valence-electron chi connectivity index (χ1n) is 10.1. The maximum Gasteiger partial charge on any atom is 0.271 e. The van der Waals surface area contributed by atoms with Gasteiger partial charge in [0.2, 0.25) is 11.6 Å². The van der Waals surface area contributed by atoms with E-state index in [0.29, 0.717) is 29.2 Å². The van der Waals surface area contributed by atoms with E-state index in [4.69, 9.17) is 4.74 Å². The molecule has 7 heteroatoms. The molecule has 1 atom stereocenters. The Labute approximate surface area is 175 Å². The first kappa shape index (κ1) is 19.9. The Kier molecular flexibility index (Phi) is 4.97. The number of ether oxygens (including phenoxy) is 1.